The van der Waals surface area contributed by atoms with Crippen molar-refractivity contribution in [2.24, 2.45) is 12.0 Å². The first-order valence-corrected chi connectivity index (χ1v) is 10.5. The fourth-order valence-corrected chi connectivity index (χ4v) is 3.03. The van der Waals surface area contributed by atoms with Crippen molar-refractivity contribution < 1.29 is 4.79 Å². The highest BCUT2D eigenvalue weighted by Gasteiger charge is 2.10. The van der Waals surface area contributed by atoms with Crippen LogP contribution in [-0.4, -0.2) is 29.0 Å². The van der Waals surface area contributed by atoms with Crippen molar-refractivity contribution in [3.05, 3.63) is 57.3 Å². The van der Waals surface area contributed by atoms with E-state index in [1.165, 1.54) is 0 Å². The number of guanidine groups is 1. The molecule has 0 aliphatic rings. The maximum atomic E-state index is 12.2. The van der Waals surface area contributed by atoms with Crippen LogP contribution in [-0.2, 0) is 20.1 Å². The lowest BCUT2D eigenvalue weighted by Gasteiger charge is -2.13. The summed E-state index contributed by atoms with van der Waals surface area (Å²) in [5.74, 6) is 0.642. The summed E-state index contributed by atoms with van der Waals surface area (Å²) >= 11 is 12.2. The van der Waals surface area contributed by atoms with Gasteiger partial charge in [0, 0.05) is 30.9 Å². The van der Waals surface area contributed by atoms with Crippen LogP contribution >= 0.6 is 47.2 Å². The van der Waals surface area contributed by atoms with Gasteiger partial charge in [0.25, 0.3) is 5.91 Å². The van der Waals surface area contributed by atoms with Gasteiger partial charge in [-0.05, 0) is 44.0 Å². The van der Waals surface area contributed by atoms with Crippen molar-refractivity contribution in [3.8, 4) is 0 Å². The molecule has 2 rings (SSSR count). The van der Waals surface area contributed by atoms with E-state index in [1.54, 1.807) is 0 Å². The molecule has 0 bridgehead atoms. The fraction of sp³-hybridized carbons (Fsp3) is 0.429. The number of carbonyl (C=O) groups is 1. The van der Waals surface area contributed by atoms with Crippen LogP contribution in [0.15, 0.2) is 35.3 Å². The second-order valence-corrected chi connectivity index (χ2v) is 7.63. The third kappa shape index (κ3) is 7.67. The van der Waals surface area contributed by atoms with Crippen molar-refractivity contribution in [1.82, 2.24) is 20.5 Å². The minimum absolute atomic E-state index is 0. The van der Waals surface area contributed by atoms with Gasteiger partial charge in [-0.1, -0.05) is 42.3 Å². The number of nitrogens with one attached hydrogen (secondary N) is 3. The van der Waals surface area contributed by atoms with Crippen LogP contribution in [0.25, 0.3) is 0 Å². The van der Waals surface area contributed by atoms with Crippen molar-refractivity contribution in [2.75, 3.05) is 6.54 Å². The molecular formula is C21H30Cl2IN5O. The first-order chi connectivity index (χ1) is 13.8. The molecule has 0 spiro atoms. The first kappa shape index (κ1) is 26.6. The predicted molar refractivity (Wildman–Crippen MR) is 136 cm³/mol. The van der Waals surface area contributed by atoms with E-state index in [2.05, 4.69) is 20.9 Å². The SMILES string of the molecule is CCNC(=NCc1ccc(C(=O)NC(C)CC)cc1)NCc1cc(Cl)c(Cl)n1C.I. The molecule has 30 heavy (non-hydrogen) atoms. The highest BCUT2D eigenvalue weighted by atomic mass is 127. The third-order valence-corrected chi connectivity index (χ3v) is 5.46. The second kappa shape index (κ2) is 13.1. The van der Waals surface area contributed by atoms with E-state index >= 15 is 0 Å². The lowest BCUT2D eigenvalue weighted by molar-refractivity contribution is 0.0939. The summed E-state index contributed by atoms with van der Waals surface area (Å²) in [6, 6.07) is 9.51. The number of amides is 1. The lowest BCUT2D eigenvalue weighted by Crippen LogP contribution is -2.37. The molecule has 1 aromatic heterocycles. The molecule has 1 unspecified atom stereocenters. The molecule has 2 aromatic rings. The average Bonchev–Trinajstić information content (AvgIpc) is 2.97. The Hall–Kier alpha value is -1.45. The Morgan fingerprint density at radius 2 is 1.83 bits per heavy atom. The number of benzene rings is 1. The van der Waals surface area contributed by atoms with Crippen LogP contribution in [0.1, 0.15) is 48.8 Å². The van der Waals surface area contributed by atoms with Crippen LogP contribution in [0.2, 0.25) is 10.2 Å². The van der Waals surface area contributed by atoms with Crippen molar-refractivity contribution in [2.45, 2.75) is 46.3 Å². The van der Waals surface area contributed by atoms with Gasteiger partial charge in [0.15, 0.2) is 5.96 Å². The molecule has 0 aliphatic heterocycles. The molecule has 0 radical (unpaired) electrons. The topological polar surface area (TPSA) is 70.4 Å². The Balaban J connectivity index is 0.00000450. The number of hydrogen-bond donors (Lipinski definition) is 3. The quantitative estimate of drug-likeness (QED) is 0.246. The van der Waals surface area contributed by atoms with Gasteiger partial charge in [0.05, 0.1) is 18.1 Å². The highest BCUT2D eigenvalue weighted by molar-refractivity contribution is 14.0. The molecule has 1 aromatic carbocycles. The summed E-state index contributed by atoms with van der Waals surface area (Å²) in [5.41, 5.74) is 2.63. The summed E-state index contributed by atoms with van der Waals surface area (Å²) in [6.45, 7) is 7.84. The molecule has 1 amide bonds. The van der Waals surface area contributed by atoms with Crippen LogP contribution in [0.5, 0.6) is 0 Å². The van der Waals surface area contributed by atoms with Gasteiger partial charge in [-0.2, -0.15) is 0 Å². The Morgan fingerprint density at radius 3 is 2.37 bits per heavy atom. The van der Waals surface area contributed by atoms with Crippen molar-refractivity contribution in [1.29, 1.82) is 0 Å². The zero-order valence-corrected chi connectivity index (χ0v) is 21.6. The average molecular weight is 566 g/mol. The van der Waals surface area contributed by atoms with Gasteiger partial charge in [-0.25, -0.2) is 4.99 Å². The summed E-state index contributed by atoms with van der Waals surface area (Å²) in [7, 11) is 1.87. The van der Waals surface area contributed by atoms with Gasteiger partial charge in [-0.3, -0.25) is 4.79 Å². The van der Waals surface area contributed by atoms with E-state index in [0.29, 0.717) is 34.8 Å². The molecule has 1 heterocycles. The minimum atomic E-state index is -0.0516. The second-order valence-electron chi connectivity index (χ2n) is 6.86. The van der Waals surface area contributed by atoms with Gasteiger partial charge in [0.2, 0.25) is 0 Å². The number of carbonyl (C=O) groups excluding carboxylic acids is 1. The number of aromatic nitrogens is 1. The fourth-order valence-electron chi connectivity index (χ4n) is 2.62. The largest absolute Gasteiger partial charge is 0.357 e. The van der Waals surface area contributed by atoms with Gasteiger partial charge in [0.1, 0.15) is 5.15 Å². The molecule has 166 valence electrons. The molecule has 6 nitrogen and oxygen atoms in total. The molecule has 1 atom stereocenters. The lowest BCUT2D eigenvalue weighted by atomic mass is 10.1. The van der Waals surface area contributed by atoms with E-state index in [0.717, 1.165) is 24.2 Å². The summed E-state index contributed by atoms with van der Waals surface area (Å²) in [5, 5.41) is 10.5. The Bertz CT molecular complexity index is 852. The number of rotatable bonds is 8. The zero-order chi connectivity index (χ0) is 21.4. The summed E-state index contributed by atoms with van der Waals surface area (Å²) in [6.07, 6.45) is 0.903. The third-order valence-electron chi connectivity index (χ3n) is 4.62. The highest BCUT2D eigenvalue weighted by Crippen LogP contribution is 2.24. The molecule has 0 aliphatic carbocycles. The predicted octanol–water partition coefficient (Wildman–Crippen LogP) is 4.73. The number of aliphatic imine (C=N–C) groups is 1. The van der Waals surface area contributed by atoms with E-state index in [4.69, 9.17) is 23.2 Å². The number of halogens is 3. The van der Waals surface area contributed by atoms with E-state index in [-0.39, 0.29) is 35.9 Å². The molecule has 9 heteroatoms. The van der Waals surface area contributed by atoms with Gasteiger partial charge in [-0.15, -0.1) is 24.0 Å². The Morgan fingerprint density at radius 1 is 1.17 bits per heavy atom. The summed E-state index contributed by atoms with van der Waals surface area (Å²) < 4.78 is 1.84. The maximum absolute atomic E-state index is 12.2. The van der Waals surface area contributed by atoms with Gasteiger partial charge < -0.3 is 20.5 Å². The van der Waals surface area contributed by atoms with Crippen molar-refractivity contribution >= 4 is 59.0 Å². The molecule has 0 fully saturated rings. The molecule has 0 saturated heterocycles. The monoisotopic (exact) mass is 565 g/mol. The standard InChI is InChI=1S/C21H29Cl2N5O.HI/c1-5-14(3)27-20(29)16-9-7-15(8-10-16)12-25-21(24-6-2)26-13-17-11-18(22)19(23)28(17)4;/h7-11,14H,5-6,12-13H2,1-4H3,(H,27,29)(H2,24,25,26);1H. The van der Waals surface area contributed by atoms with Crippen molar-refractivity contribution in [3.63, 3.8) is 0 Å². The Labute approximate surface area is 205 Å². The van der Waals surface area contributed by atoms with E-state index in [9.17, 15) is 4.79 Å². The van der Waals surface area contributed by atoms with Crippen LogP contribution < -0.4 is 16.0 Å². The molecular weight excluding hydrogens is 536 g/mol. The normalized spacial score (nSPS) is 12.1. The smallest absolute Gasteiger partial charge is 0.251 e. The summed E-state index contributed by atoms with van der Waals surface area (Å²) in [4.78, 5) is 16.8. The van der Waals surface area contributed by atoms with Crippen LogP contribution in [0.3, 0.4) is 0 Å². The molecule has 3 N–H and O–H groups in total. The van der Waals surface area contributed by atoms with E-state index < -0.39 is 0 Å². The van der Waals surface area contributed by atoms with Crippen LogP contribution in [0.4, 0.5) is 0 Å². The first-order valence-electron chi connectivity index (χ1n) is 9.77. The van der Waals surface area contributed by atoms with Gasteiger partial charge >= 0.3 is 0 Å². The number of nitrogens with zero attached hydrogens (tertiary/aromatic N) is 2. The van der Waals surface area contributed by atoms with Crippen LogP contribution in [0, 0.1) is 0 Å². The zero-order valence-electron chi connectivity index (χ0n) is 17.8. The van der Waals surface area contributed by atoms with E-state index in [1.807, 2.05) is 62.7 Å². The maximum Gasteiger partial charge on any atom is 0.251 e. The number of hydrogen-bond acceptors (Lipinski definition) is 2. The Kier molecular flexibility index (Phi) is 11.6. The molecule has 0 saturated carbocycles. The minimum Gasteiger partial charge on any atom is -0.357 e.